The standard InChI is InChI=1S/C10H12N2O2S/c1-8-12-9(7-15-8)6-10(13)14-5-3-2-4-11/h7H,2-3,5-6H2,1H3. The SMILES string of the molecule is Cc1nc(CC(=O)OCCCC#N)cs1. The van der Waals surface area contributed by atoms with E-state index in [0.717, 1.165) is 10.7 Å². The molecule has 1 rings (SSSR count). The molecule has 5 heteroatoms. The van der Waals surface area contributed by atoms with E-state index in [9.17, 15) is 4.79 Å². The summed E-state index contributed by atoms with van der Waals surface area (Å²) < 4.78 is 4.93. The van der Waals surface area contributed by atoms with E-state index in [0.29, 0.717) is 19.4 Å². The first-order valence-electron chi connectivity index (χ1n) is 4.66. The van der Waals surface area contributed by atoms with Crippen molar-refractivity contribution < 1.29 is 9.53 Å². The van der Waals surface area contributed by atoms with Gasteiger partial charge in [0.15, 0.2) is 0 Å². The Morgan fingerprint density at radius 3 is 3.13 bits per heavy atom. The number of aromatic nitrogens is 1. The van der Waals surface area contributed by atoms with Gasteiger partial charge in [0.1, 0.15) is 0 Å². The third-order valence-corrected chi connectivity index (χ3v) is 2.51. The molecule has 80 valence electrons. The van der Waals surface area contributed by atoms with E-state index in [2.05, 4.69) is 4.98 Å². The van der Waals surface area contributed by atoms with Crippen LogP contribution in [0.25, 0.3) is 0 Å². The Morgan fingerprint density at radius 1 is 1.73 bits per heavy atom. The van der Waals surface area contributed by atoms with Crippen LogP contribution in [0.2, 0.25) is 0 Å². The molecule has 0 amide bonds. The Hall–Kier alpha value is -1.41. The van der Waals surface area contributed by atoms with Crippen molar-refractivity contribution in [3.8, 4) is 6.07 Å². The molecule has 1 heterocycles. The minimum absolute atomic E-state index is 0.219. The number of nitriles is 1. The number of nitrogens with zero attached hydrogens (tertiary/aromatic N) is 2. The van der Waals surface area contributed by atoms with Crippen LogP contribution in [-0.4, -0.2) is 17.6 Å². The van der Waals surface area contributed by atoms with Gasteiger partial charge in [-0.05, 0) is 13.3 Å². The third-order valence-electron chi connectivity index (χ3n) is 1.69. The highest BCUT2D eigenvalue weighted by molar-refractivity contribution is 7.09. The topological polar surface area (TPSA) is 63.0 Å². The largest absolute Gasteiger partial charge is 0.465 e. The molecule has 1 aromatic rings. The van der Waals surface area contributed by atoms with Crippen LogP contribution in [0.15, 0.2) is 5.38 Å². The van der Waals surface area contributed by atoms with E-state index in [1.165, 1.54) is 11.3 Å². The fraction of sp³-hybridized carbons (Fsp3) is 0.500. The number of hydrogen-bond donors (Lipinski definition) is 0. The molecule has 4 nitrogen and oxygen atoms in total. The lowest BCUT2D eigenvalue weighted by Gasteiger charge is -2.00. The first kappa shape index (κ1) is 11.7. The average molecular weight is 224 g/mol. The van der Waals surface area contributed by atoms with E-state index in [-0.39, 0.29) is 12.4 Å². The number of carbonyl (C=O) groups excluding carboxylic acids is 1. The lowest BCUT2D eigenvalue weighted by atomic mass is 10.3. The van der Waals surface area contributed by atoms with Crippen molar-refractivity contribution in [2.75, 3.05) is 6.61 Å². The Morgan fingerprint density at radius 2 is 2.53 bits per heavy atom. The average Bonchev–Trinajstić information content (AvgIpc) is 2.59. The molecule has 0 aromatic carbocycles. The molecule has 0 spiro atoms. The molecule has 0 bridgehead atoms. The molecule has 0 saturated heterocycles. The predicted molar refractivity (Wildman–Crippen MR) is 56.4 cm³/mol. The second kappa shape index (κ2) is 6.14. The van der Waals surface area contributed by atoms with Crippen LogP contribution < -0.4 is 0 Å². The van der Waals surface area contributed by atoms with Gasteiger partial charge < -0.3 is 4.74 Å². The summed E-state index contributed by atoms with van der Waals surface area (Å²) in [6.07, 6.45) is 1.23. The molecule has 0 saturated carbocycles. The van der Waals surface area contributed by atoms with E-state index < -0.39 is 0 Å². The van der Waals surface area contributed by atoms with Crippen LogP contribution in [0.5, 0.6) is 0 Å². The van der Waals surface area contributed by atoms with Gasteiger partial charge in [-0.1, -0.05) is 0 Å². The molecule has 0 radical (unpaired) electrons. The van der Waals surface area contributed by atoms with Gasteiger partial charge in [0.2, 0.25) is 0 Å². The molecule has 0 fully saturated rings. The summed E-state index contributed by atoms with van der Waals surface area (Å²) in [4.78, 5) is 15.4. The second-order valence-electron chi connectivity index (χ2n) is 3.02. The zero-order valence-electron chi connectivity index (χ0n) is 8.52. The van der Waals surface area contributed by atoms with Gasteiger partial charge in [-0.3, -0.25) is 4.79 Å². The molecule has 0 unspecified atom stereocenters. The lowest BCUT2D eigenvalue weighted by molar-refractivity contribution is -0.142. The maximum atomic E-state index is 11.2. The molecule has 0 aliphatic heterocycles. The quantitative estimate of drug-likeness (QED) is 0.565. The van der Waals surface area contributed by atoms with Gasteiger partial charge in [-0.2, -0.15) is 5.26 Å². The van der Waals surface area contributed by atoms with Crippen molar-refractivity contribution in [1.29, 1.82) is 5.26 Å². The molecule has 0 atom stereocenters. The second-order valence-corrected chi connectivity index (χ2v) is 4.08. The van der Waals surface area contributed by atoms with Crippen molar-refractivity contribution in [3.63, 3.8) is 0 Å². The number of aryl methyl sites for hydroxylation is 1. The summed E-state index contributed by atoms with van der Waals surface area (Å²) in [5.74, 6) is -0.279. The Labute approximate surface area is 92.5 Å². The number of rotatable bonds is 5. The summed E-state index contributed by atoms with van der Waals surface area (Å²) in [5.41, 5.74) is 0.753. The minimum atomic E-state index is -0.279. The highest BCUT2D eigenvalue weighted by Crippen LogP contribution is 2.08. The van der Waals surface area contributed by atoms with Crippen LogP contribution >= 0.6 is 11.3 Å². The number of hydrogen-bond acceptors (Lipinski definition) is 5. The summed E-state index contributed by atoms with van der Waals surface area (Å²) in [5, 5.41) is 11.1. The summed E-state index contributed by atoms with van der Waals surface area (Å²) >= 11 is 1.52. The monoisotopic (exact) mass is 224 g/mol. The fourth-order valence-corrected chi connectivity index (χ4v) is 1.64. The van der Waals surface area contributed by atoms with Crippen molar-refractivity contribution in [1.82, 2.24) is 4.98 Å². The maximum absolute atomic E-state index is 11.2. The Kier molecular flexibility index (Phi) is 4.78. The Balaban J connectivity index is 2.22. The lowest BCUT2D eigenvalue weighted by Crippen LogP contribution is -2.09. The Bertz CT molecular complexity index is 368. The predicted octanol–water partition coefficient (Wildman–Crippen LogP) is 1.84. The van der Waals surface area contributed by atoms with Crippen LogP contribution in [0, 0.1) is 18.3 Å². The molecular formula is C10H12N2O2S. The van der Waals surface area contributed by atoms with Crippen molar-refractivity contribution >= 4 is 17.3 Å². The van der Waals surface area contributed by atoms with E-state index >= 15 is 0 Å². The number of carbonyl (C=O) groups is 1. The van der Waals surface area contributed by atoms with Gasteiger partial charge in [0.25, 0.3) is 0 Å². The number of thiazole rings is 1. The van der Waals surface area contributed by atoms with Crippen molar-refractivity contribution in [3.05, 3.63) is 16.1 Å². The van der Waals surface area contributed by atoms with Gasteiger partial charge in [0.05, 0.1) is 29.8 Å². The first-order valence-corrected chi connectivity index (χ1v) is 5.54. The zero-order chi connectivity index (χ0) is 11.1. The minimum Gasteiger partial charge on any atom is -0.465 e. The zero-order valence-corrected chi connectivity index (χ0v) is 9.34. The van der Waals surface area contributed by atoms with E-state index in [1.54, 1.807) is 0 Å². The summed E-state index contributed by atoms with van der Waals surface area (Å²) in [7, 11) is 0. The van der Waals surface area contributed by atoms with Crippen LogP contribution in [0.4, 0.5) is 0 Å². The van der Waals surface area contributed by atoms with Crippen LogP contribution in [0.1, 0.15) is 23.5 Å². The van der Waals surface area contributed by atoms with Gasteiger partial charge >= 0.3 is 5.97 Å². The van der Waals surface area contributed by atoms with E-state index in [1.807, 2.05) is 18.4 Å². The molecule has 0 aliphatic rings. The van der Waals surface area contributed by atoms with Crippen LogP contribution in [-0.2, 0) is 16.0 Å². The number of esters is 1. The summed E-state index contributed by atoms with van der Waals surface area (Å²) in [6, 6.07) is 1.99. The fourth-order valence-electron chi connectivity index (χ4n) is 1.03. The van der Waals surface area contributed by atoms with E-state index in [4.69, 9.17) is 10.00 Å². The van der Waals surface area contributed by atoms with Gasteiger partial charge in [-0.15, -0.1) is 11.3 Å². The highest BCUT2D eigenvalue weighted by Gasteiger charge is 2.06. The third kappa shape index (κ3) is 4.56. The number of unbranched alkanes of at least 4 members (excludes halogenated alkanes) is 1. The first-order chi connectivity index (χ1) is 7.22. The normalized spacial score (nSPS) is 9.60. The van der Waals surface area contributed by atoms with Crippen LogP contribution in [0.3, 0.4) is 0 Å². The molecule has 0 aliphatic carbocycles. The van der Waals surface area contributed by atoms with Gasteiger partial charge in [0, 0.05) is 11.8 Å². The molecular weight excluding hydrogens is 212 g/mol. The molecule has 15 heavy (non-hydrogen) atoms. The smallest absolute Gasteiger partial charge is 0.311 e. The highest BCUT2D eigenvalue weighted by atomic mass is 32.1. The van der Waals surface area contributed by atoms with Crippen molar-refractivity contribution in [2.45, 2.75) is 26.2 Å². The summed E-state index contributed by atoms with van der Waals surface area (Å²) in [6.45, 7) is 2.21. The maximum Gasteiger partial charge on any atom is 0.311 e. The van der Waals surface area contributed by atoms with Gasteiger partial charge in [-0.25, -0.2) is 4.98 Å². The van der Waals surface area contributed by atoms with Crippen molar-refractivity contribution in [2.24, 2.45) is 0 Å². The molecule has 0 N–H and O–H groups in total. The molecule has 1 aromatic heterocycles. The number of ether oxygens (including phenoxy) is 1.